The van der Waals surface area contributed by atoms with Gasteiger partial charge in [0.1, 0.15) is 6.10 Å². The first-order valence-electron chi connectivity index (χ1n) is 4.45. The van der Waals surface area contributed by atoms with Crippen molar-refractivity contribution in [2.75, 3.05) is 0 Å². The molecular weight excluding hydrogens is 195 g/mol. The summed E-state index contributed by atoms with van der Waals surface area (Å²) < 4.78 is 5.13. The van der Waals surface area contributed by atoms with Crippen LogP contribution < -0.4 is 5.46 Å². The minimum absolute atomic E-state index is 0.0704. The maximum Gasteiger partial charge on any atom is 0.492 e. The Bertz CT molecular complexity index is 429. The molecule has 1 aromatic carbocycles. The molecule has 0 radical (unpaired) electrons. The van der Waals surface area contributed by atoms with Crippen molar-refractivity contribution in [3.05, 3.63) is 42.0 Å². The predicted molar refractivity (Wildman–Crippen MR) is 54.7 cm³/mol. The molecule has 1 aliphatic rings. The van der Waals surface area contributed by atoms with Gasteiger partial charge < -0.3 is 14.8 Å². The Kier molecular flexibility index (Phi) is 2.34. The molecule has 1 aliphatic heterocycles. The fourth-order valence-corrected chi connectivity index (χ4v) is 1.63. The average molecular weight is 204 g/mol. The third kappa shape index (κ3) is 1.56. The van der Waals surface area contributed by atoms with E-state index < -0.39 is 19.2 Å². The molecule has 0 aliphatic carbocycles. The van der Waals surface area contributed by atoms with Gasteiger partial charge in [0.05, 0.1) is 5.57 Å². The summed E-state index contributed by atoms with van der Waals surface area (Å²) in [4.78, 5) is 10.7. The van der Waals surface area contributed by atoms with Gasteiger partial charge in [-0.25, -0.2) is 4.79 Å². The fourth-order valence-electron chi connectivity index (χ4n) is 1.63. The van der Waals surface area contributed by atoms with Gasteiger partial charge in [-0.3, -0.25) is 0 Å². The van der Waals surface area contributed by atoms with Crippen molar-refractivity contribution in [2.45, 2.75) is 6.10 Å². The number of carboxylic acid groups (broad SMARTS) is 1. The zero-order valence-corrected chi connectivity index (χ0v) is 7.88. The van der Waals surface area contributed by atoms with E-state index in [0.717, 1.165) is 0 Å². The van der Waals surface area contributed by atoms with Gasteiger partial charge in [-0.1, -0.05) is 30.8 Å². The SMILES string of the molecule is C=C(C(=O)O)[C@@H]1OB(O)c2ccccc21. The molecule has 1 aromatic rings. The van der Waals surface area contributed by atoms with Gasteiger partial charge in [0.2, 0.25) is 0 Å². The molecule has 0 aromatic heterocycles. The summed E-state index contributed by atoms with van der Waals surface area (Å²) >= 11 is 0. The molecule has 0 saturated heterocycles. The van der Waals surface area contributed by atoms with Crippen molar-refractivity contribution in [1.82, 2.24) is 0 Å². The van der Waals surface area contributed by atoms with Crippen LogP contribution in [0.15, 0.2) is 36.4 Å². The highest BCUT2D eigenvalue weighted by molar-refractivity contribution is 6.61. The third-order valence-corrected chi connectivity index (χ3v) is 2.40. The molecule has 4 nitrogen and oxygen atoms in total. The van der Waals surface area contributed by atoms with Crippen LogP contribution in [0.2, 0.25) is 0 Å². The Hall–Kier alpha value is -1.59. The summed E-state index contributed by atoms with van der Waals surface area (Å²) in [5.41, 5.74) is 1.20. The van der Waals surface area contributed by atoms with Crippen LogP contribution >= 0.6 is 0 Å². The highest BCUT2D eigenvalue weighted by atomic mass is 16.5. The Morgan fingerprint density at radius 1 is 1.47 bits per heavy atom. The number of aliphatic carboxylic acids is 1. The lowest BCUT2D eigenvalue weighted by molar-refractivity contribution is -0.133. The summed E-state index contributed by atoms with van der Waals surface area (Å²) in [5, 5.41) is 18.3. The molecular formula is C10H9BO4. The van der Waals surface area contributed by atoms with Crippen molar-refractivity contribution in [1.29, 1.82) is 0 Å². The molecule has 1 atom stereocenters. The van der Waals surface area contributed by atoms with Gasteiger partial charge in [0.15, 0.2) is 0 Å². The molecule has 0 fully saturated rings. The summed E-state index contributed by atoms with van der Waals surface area (Å²) in [5.74, 6) is -1.12. The molecule has 0 saturated carbocycles. The van der Waals surface area contributed by atoms with Crippen LogP contribution in [0.3, 0.4) is 0 Å². The Morgan fingerprint density at radius 2 is 2.13 bits per heavy atom. The van der Waals surface area contributed by atoms with Gasteiger partial charge >= 0.3 is 13.1 Å². The normalized spacial score (nSPS) is 18.7. The maximum absolute atomic E-state index is 10.7. The van der Waals surface area contributed by atoms with E-state index in [-0.39, 0.29) is 5.57 Å². The lowest BCUT2D eigenvalue weighted by Gasteiger charge is -2.11. The first kappa shape index (κ1) is 9.95. The Labute approximate surface area is 87.0 Å². The van der Waals surface area contributed by atoms with Crippen molar-refractivity contribution in [3.8, 4) is 0 Å². The molecule has 0 amide bonds. The maximum atomic E-state index is 10.7. The smallest absolute Gasteiger partial charge is 0.478 e. The number of carbonyl (C=O) groups is 1. The van der Waals surface area contributed by atoms with Crippen molar-refractivity contribution >= 4 is 18.6 Å². The van der Waals surface area contributed by atoms with E-state index in [2.05, 4.69) is 6.58 Å². The fraction of sp³-hybridized carbons (Fsp3) is 0.100. The molecule has 76 valence electrons. The molecule has 1 heterocycles. The standard InChI is InChI=1S/C10H9BO4/c1-6(10(12)13)9-7-4-2-3-5-8(7)11(14)15-9/h2-5,9,14H,1H2,(H,12,13)/t9-/m0/s1. The van der Waals surface area contributed by atoms with E-state index in [0.29, 0.717) is 11.0 Å². The Morgan fingerprint density at radius 3 is 2.80 bits per heavy atom. The quantitative estimate of drug-likeness (QED) is 0.529. The highest BCUT2D eigenvalue weighted by Crippen LogP contribution is 2.29. The highest BCUT2D eigenvalue weighted by Gasteiger charge is 2.37. The van der Waals surface area contributed by atoms with Gasteiger partial charge in [0, 0.05) is 0 Å². The molecule has 0 unspecified atom stereocenters. The van der Waals surface area contributed by atoms with Crippen molar-refractivity contribution in [2.24, 2.45) is 0 Å². The van der Waals surface area contributed by atoms with Crippen LogP contribution in [0, 0.1) is 0 Å². The number of hydrogen-bond donors (Lipinski definition) is 2. The summed E-state index contributed by atoms with van der Waals surface area (Å²) in [6.07, 6.45) is -0.756. The molecule has 2 N–H and O–H groups in total. The van der Waals surface area contributed by atoms with Gasteiger partial charge in [0.25, 0.3) is 0 Å². The molecule has 2 rings (SSSR count). The van der Waals surface area contributed by atoms with Crippen molar-refractivity contribution < 1.29 is 19.6 Å². The minimum Gasteiger partial charge on any atom is -0.478 e. The summed E-state index contributed by atoms with van der Waals surface area (Å²) in [6, 6.07) is 6.96. The number of carboxylic acids is 1. The van der Waals surface area contributed by atoms with E-state index in [1.807, 2.05) is 0 Å². The number of hydrogen-bond acceptors (Lipinski definition) is 3. The van der Waals surface area contributed by atoms with E-state index >= 15 is 0 Å². The summed E-state index contributed by atoms with van der Waals surface area (Å²) in [6.45, 7) is 3.43. The van der Waals surface area contributed by atoms with Crippen LogP contribution in [0.25, 0.3) is 0 Å². The van der Waals surface area contributed by atoms with E-state index in [1.54, 1.807) is 24.3 Å². The van der Waals surface area contributed by atoms with E-state index in [4.69, 9.17) is 9.76 Å². The van der Waals surface area contributed by atoms with Crippen LogP contribution in [0.1, 0.15) is 11.7 Å². The topological polar surface area (TPSA) is 66.8 Å². The number of rotatable bonds is 2. The van der Waals surface area contributed by atoms with Crippen LogP contribution in [-0.4, -0.2) is 23.2 Å². The molecule has 0 spiro atoms. The van der Waals surface area contributed by atoms with Gasteiger partial charge in [-0.15, -0.1) is 0 Å². The zero-order chi connectivity index (χ0) is 11.0. The van der Waals surface area contributed by atoms with Gasteiger partial charge in [-0.2, -0.15) is 0 Å². The third-order valence-electron chi connectivity index (χ3n) is 2.40. The molecule has 15 heavy (non-hydrogen) atoms. The second-order valence-corrected chi connectivity index (χ2v) is 3.33. The van der Waals surface area contributed by atoms with Crippen molar-refractivity contribution in [3.63, 3.8) is 0 Å². The second kappa shape index (κ2) is 3.53. The first-order valence-corrected chi connectivity index (χ1v) is 4.45. The first-order chi connectivity index (χ1) is 7.11. The monoisotopic (exact) mass is 204 g/mol. The number of benzene rings is 1. The van der Waals surface area contributed by atoms with Crippen LogP contribution in [-0.2, 0) is 9.45 Å². The molecule has 0 bridgehead atoms. The lowest BCUT2D eigenvalue weighted by Crippen LogP contribution is -2.27. The van der Waals surface area contributed by atoms with Crippen LogP contribution in [0.4, 0.5) is 0 Å². The average Bonchev–Trinajstić information content (AvgIpc) is 2.56. The predicted octanol–water partition coefficient (Wildman–Crippen LogP) is 0.0862. The Balaban J connectivity index is 2.41. The van der Waals surface area contributed by atoms with E-state index in [1.165, 1.54) is 0 Å². The zero-order valence-electron chi connectivity index (χ0n) is 7.88. The number of fused-ring (bicyclic) bond motifs is 1. The molecule has 5 heteroatoms. The summed E-state index contributed by atoms with van der Waals surface area (Å²) in [7, 11) is -1.07. The van der Waals surface area contributed by atoms with E-state index in [9.17, 15) is 9.82 Å². The minimum atomic E-state index is -1.12. The van der Waals surface area contributed by atoms with Crippen LogP contribution in [0.5, 0.6) is 0 Å². The lowest BCUT2D eigenvalue weighted by atomic mass is 9.79. The second-order valence-electron chi connectivity index (χ2n) is 3.33. The van der Waals surface area contributed by atoms with Gasteiger partial charge in [-0.05, 0) is 11.0 Å². The largest absolute Gasteiger partial charge is 0.492 e.